The van der Waals surface area contributed by atoms with E-state index in [1.54, 1.807) is 10.6 Å². The highest BCUT2D eigenvalue weighted by Crippen LogP contribution is 2.28. The monoisotopic (exact) mass is 445 g/mol. The Morgan fingerprint density at radius 2 is 1.75 bits per heavy atom. The van der Waals surface area contributed by atoms with Crippen LogP contribution < -0.4 is 10.9 Å². The Labute approximate surface area is 191 Å². The van der Waals surface area contributed by atoms with E-state index in [1.165, 1.54) is 16.9 Å². The third kappa shape index (κ3) is 4.10. The van der Waals surface area contributed by atoms with Crippen LogP contribution in [0.2, 0.25) is 0 Å². The lowest BCUT2D eigenvalue weighted by Crippen LogP contribution is -2.33. The zero-order valence-corrected chi connectivity index (χ0v) is 19.8. The molecule has 1 atom stereocenters. The molecule has 0 aliphatic carbocycles. The Bertz CT molecular complexity index is 1370. The first-order chi connectivity index (χ1) is 15.3. The molecular weight excluding hydrogens is 418 g/mol. The van der Waals surface area contributed by atoms with Gasteiger partial charge in [0.15, 0.2) is 5.13 Å². The molecule has 2 heterocycles. The minimum Gasteiger partial charge on any atom is -0.300 e. The zero-order valence-electron chi connectivity index (χ0n) is 19.0. The zero-order chi connectivity index (χ0) is 23.0. The van der Waals surface area contributed by atoms with Crippen LogP contribution in [-0.4, -0.2) is 15.5 Å². The van der Waals surface area contributed by atoms with Crippen LogP contribution in [0.25, 0.3) is 22.2 Å². The number of pyridine rings is 1. The summed E-state index contributed by atoms with van der Waals surface area (Å²) >= 11 is 1.38. The maximum absolute atomic E-state index is 13.3. The summed E-state index contributed by atoms with van der Waals surface area (Å²) in [5.41, 5.74) is 6.71. The summed E-state index contributed by atoms with van der Waals surface area (Å²) in [6, 6.07) is 13.2. The summed E-state index contributed by atoms with van der Waals surface area (Å²) < 4.78 is 1.64. The Morgan fingerprint density at radius 3 is 2.44 bits per heavy atom. The van der Waals surface area contributed by atoms with E-state index in [1.807, 2.05) is 64.3 Å². The third-order valence-corrected chi connectivity index (χ3v) is 6.53. The van der Waals surface area contributed by atoms with E-state index in [0.717, 1.165) is 38.9 Å². The van der Waals surface area contributed by atoms with Crippen LogP contribution in [0.15, 0.2) is 52.6 Å². The highest BCUT2D eigenvalue weighted by molar-refractivity contribution is 7.14. The number of hydrogen-bond acceptors (Lipinski definition) is 4. The van der Waals surface area contributed by atoms with Crippen molar-refractivity contribution in [2.24, 2.45) is 0 Å². The molecule has 0 fully saturated rings. The second-order valence-electron chi connectivity index (χ2n) is 8.33. The SMILES string of the molecule is CCC(C(=O)Nc1nc(-c2ccc(C)cc2)cs1)n1c(=O)cc(C)c2cc(C)cc(C)c21. The van der Waals surface area contributed by atoms with Gasteiger partial charge in [-0.1, -0.05) is 48.4 Å². The Balaban J connectivity index is 1.69. The van der Waals surface area contributed by atoms with Gasteiger partial charge in [-0.15, -0.1) is 11.3 Å². The van der Waals surface area contributed by atoms with Gasteiger partial charge in [-0.3, -0.25) is 14.2 Å². The van der Waals surface area contributed by atoms with E-state index in [4.69, 9.17) is 0 Å². The van der Waals surface area contributed by atoms with E-state index >= 15 is 0 Å². The van der Waals surface area contributed by atoms with Crippen LogP contribution in [0.5, 0.6) is 0 Å². The van der Waals surface area contributed by atoms with E-state index in [-0.39, 0.29) is 11.5 Å². The molecule has 0 saturated heterocycles. The highest BCUT2D eigenvalue weighted by atomic mass is 32.1. The number of aromatic nitrogens is 2. The molecule has 1 amide bonds. The Hall–Kier alpha value is -3.25. The van der Waals surface area contributed by atoms with Gasteiger partial charge in [0.05, 0.1) is 11.2 Å². The molecule has 2 aromatic heterocycles. The fraction of sp³-hybridized carbons (Fsp3) is 0.269. The molecule has 1 unspecified atom stereocenters. The molecule has 4 aromatic rings. The first-order valence-electron chi connectivity index (χ1n) is 10.7. The third-order valence-electron chi connectivity index (χ3n) is 5.77. The number of hydrogen-bond donors (Lipinski definition) is 1. The van der Waals surface area contributed by atoms with Gasteiger partial charge in [-0.25, -0.2) is 4.98 Å². The van der Waals surface area contributed by atoms with Crippen molar-refractivity contribution in [3.63, 3.8) is 0 Å². The summed E-state index contributed by atoms with van der Waals surface area (Å²) in [5.74, 6) is -0.232. The van der Waals surface area contributed by atoms with E-state index in [0.29, 0.717) is 11.6 Å². The first kappa shape index (κ1) is 22.0. The lowest BCUT2D eigenvalue weighted by molar-refractivity contribution is -0.119. The predicted octanol–water partition coefficient (Wildman–Crippen LogP) is 5.95. The summed E-state index contributed by atoms with van der Waals surface area (Å²) in [4.78, 5) is 30.9. The molecule has 0 radical (unpaired) electrons. The van der Waals surface area contributed by atoms with Crippen molar-refractivity contribution in [1.82, 2.24) is 9.55 Å². The number of thiazole rings is 1. The fourth-order valence-corrected chi connectivity index (χ4v) is 4.92. The standard InChI is InChI=1S/C26H27N3O2S/c1-6-22(29-23(30)13-17(4)20-12-16(3)11-18(5)24(20)29)25(31)28-26-27-21(14-32-26)19-9-7-15(2)8-10-19/h7-14,22H,6H2,1-5H3,(H,27,28,31). The average molecular weight is 446 g/mol. The number of amides is 1. The fourth-order valence-electron chi connectivity index (χ4n) is 4.19. The molecule has 0 aliphatic heterocycles. The first-order valence-corrected chi connectivity index (χ1v) is 11.6. The minimum atomic E-state index is -0.626. The van der Waals surface area contributed by atoms with Crippen LogP contribution in [0.3, 0.4) is 0 Å². The number of carbonyl (C=O) groups excluding carboxylic acids is 1. The van der Waals surface area contributed by atoms with Crippen molar-refractivity contribution in [2.75, 3.05) is 5.32 Å². The van der Waals surface area contributed by atoms with Crippen LogP contribution in [0.4, 0.5) is 5.13 Å². The molecule has 0 aliphatic rings. The number of rotatable bonds is 5. The van der Waals surface area contributed by atoms with Crippen molar-refractivity contribution >= 4 is 33.3 Å². The smallest absolute Gasteiger partial charge is 0.252 e. The topological polar surface area (TPSA) is 64.0 Å². The van der Waals surface area contributed by atoms with Gasteiger partial charge >= 0.3 is 0 Å². The number of aryl methyl sites for hydroxylation is 4. The van der Waals surface area contributed by atoms with Gasteiger partial charge in [0.1, 0.15) is 6.04 Å². The number of nitrogens with one attached hydrogen (secondary N) is 1. The number of nitrogens with zero attached hydrogens (tertiary/aromatic N) is 2. The van der Waals surface area contributed by atoms with Crippen LogP contribution in [0, 0.1) is 27.7 Å². The van der Waals surface area contributed by atoms with Gasteiger partial charge in [0.25, 0.3) is 5.56 Å². The van der Waals surface area contributed by atoms with E-state index < -0.39 is 6.04 Å². The molecule has 2 aromatic carbocycles. The Morgan fingerprint density at radius 1 is 1.03 bits per heavy atom. The minimum absolute atomic E-state index is 0.163. The van der Waals surface area contributed by atoms with Crippen molar-refractivity contribution in [3.8, 4) is 11.3 Å². The van der Waals surface area contributed by atoms with Crippen molar-refractivity contribution in [2.45, 2.75) is 47.1 Å². The van der Waals surface area contributed by atoms with Crippen molar-refractivity contribution in [1.29, 1.82) is 0 Å². The molecule has 0 saturated carbocycles. The molecular formula is C26H27N3O2S. The van der Waals surface area contributed by atoms with Crippen LogP contribution in [-0.2, 0) is 4.79 Å². The molecule has 0 bridgehead atoms. The summed E-state index contributed by atoms with van der Waals surface area (Å²) in [6.45, 7) is 9.94. The summed E-state index contributed by atoms with van der Waals surface area (Å²) in [6.07, 6.45) is 0.493. The van der Waals surface area contributed by atoms with Gasteiger partial charge in [0.2, 0.25) is 5.91 Å². The number of anilines is 1. The van der Waals surface area contributed by atoms with Crippen LogP contribution >= 0.6 is 11.3 Å². The molecule has 4 rings (SSSR count). The van der Waals surface area contributed by atoms with Gasteiger partial charge < -0.3 is 5.32 Å². The maximum Gasteiger partial charge on any atom is 0.252 e. The largest absolute Gasteiger partial charge is 0.300 e. The summed E-state index contributed by atoms with van der Waals surface area (Å²) in [7, 11) is 0. The lowest BCUT2D eigenvalue weighted by atomic mass is 10.0. The number of fused-ring (bicyclic) bond motifs is 1. The molecule has 164 valence electrons. The quantitative estimate of drug-likeness (QED) is 0.413. The van der Waals surface area contributed by atoms with Gasteiger partial charge in [0, 0.05) is 22.4 Å². The molecule has 0 spiro atoms. The maximum atomic E-state index is 13.3. The molecule has 5 nitrogen and oxygen atoms in total. The molecule has 1 N–H and O–H groups in total. The van der Waals surface area contributed by atoms with Gasteiger partial charge in [-0.2, -0.15) is 0 Å². The van der Waals surface area contributed by atoms with Crippen molar-refractivity contribution < 1.29 is 4.79 Å². The predicted molar refractivity (Wildman–Crippen MR) is 133 cm³/mol. The Kier molecular flexibility index (Phi) is 5.98. The second-order valence-corrected chi connectivity index (χ2v) is 9.19. The number of carbonyl (C=O) groups is 1. The normalized spacial score (nSPS) is 12.2. The van der Waals surface area contributed by atoms with Crippen LogP contribution in [0.1, 0.15) is 41.6 Å². The van der Waals surface area contributed by atoms with Gasteiger partial charge in [-0.05, 0) is 51.3 Å². The lowest BCUT2D eigenvalue weighted by Gasteiger charge is -2.22. The van der Waals surface area contributed by atoms with E-state index in [2.05, 4.69) is 22.4 Å². The second kappa shape index (κ2) is 8.71. The van der Waals surface area contributed by atoms with Crippen molar-refractivity contribution in [3.05, 3.63) is 80.5 Å². The average Bonchev–Trinajstić information content (AvgIpc) is 3.20. The molecule has 32 heavy (non-hydrogen) atoms. The highest BCUT2D eigenvalue weighted by Gasteiger charge is 2.24. The number of benzene rings is 2. The molecule has 6 heteroatoms. The summed E-state index contributed by atoms with van der Waals surface area (Å²) in [5, 5.41) is 6.40. The van der Waals surface area contributed by atoms with E-state index in [9.17, 15) is 9.59 Å².